The topological polar surface area (TPSA) is 42.0 Å². The number of nitrogens with one attached hydrogen (secondary N) is 1. The van der Waals surface area contributed by atoms with Crippen LogP contribution in [-0.2, 0) is 0 Å². The number of hydrogen-bond donors (Lipinski definition) is 1. The minimum Gasteiger partial charge on any atom is -0.321 e. The van der Waals surface area contributed by atoms with Crippen molar-refractivity contribution in [1.29, 1.82) is 0 Å². The maximum Gasteiger partial charge on any atom is 0.267 e. The molecule has 0 saturated carbocycles. The fourth-order valence-electron chi connectivity index (χ4n) is 1.64. The number of carbonyl (C=O) groups is 1. The van der Waals surface area contributed by atoms with Gasteiger partial charge in [0.15, 0.2) is 0 Å². The quantitative estimate of drug-likeness (QED) is 0.848. The van der Waals surface area contributed by atoms with Gasteiger partial charge in [0.2, 0.25) is 0 Å². The normalized spacial score (nSPS) is 10.9. The molecule has 106 valence electrons. The van der Waals surface area contributed by atoms with Gasteiger partial charge in [-0.25, -0.2) is 4.98 Å². The second kappa shape index (κ2) is 6.12. The molecular formula is C14H14Cl2N2OS. The lowest BCUT2D eigenvalue weighted by Gasteiger charge is -2.05. The van der Waals surface area contributed by atoms with Crippen LogP contribution in [0, 0.1) is 6.92 Å². The van der Waals surface area contributed by atoms with Gasteiger partial charge in [-0.05, 0) is 25.1 Å². The van der Waals surface area contributed by atoms with Crippen LogP contribution >= 0.6 is 34.5 Å². The summed E-state index contributed by atoms with van der Waals surface area (Å²) in [6.07, 6.45) is 0. The zero-order valence-electron chi connectivity index (χ0n) is 11.3. The average molecular weight is 329 g/mol. The predicted octanol–water partition coefficient (Wildman–Crippen LogP) is 5.13. The Bertz CT molecular complexity index is 653. The van der Waals surface area contributed by atoms with Crippen molar-refractivity contribution in [2.75, 3.05) is 5.32 Å². The Morgan fingerprint density at radius 2 is 2.00 bits per heavy atom. The third-order valence-corrected chi connectivity index (χ3v) is 4.89. The zero-order valence-corrected chi connectivity index (χ0v) is 13.7. The Labute approximate surface area is 131 Å². The smallest absolute Gasteiger partial charge is 0.267 e. The summed E-state index contributed by atoms with van der Waals surface area (Å²) in [6.45, 7) is 5.95. The minimum absolute atomic E-state index is 0.176. The average Bonchev–Trinajstić information content (AvgIpc) is 2.76. The van der Waals surface area contributed by atoms with Gasteiger partial charge in [-0.1, -0.05) is 37.0 Å². The van der Waals surface area contributed by atoms with Crippen LogP contribution in [0.25, 0.3) is 0 Å². The van der Waals surface area contributed by atoms with E-state index in [1.807, 2.05) is 6.92 Å². The van der Waals surface area contributed by atoms with Gasteiger partial charge >= 0.3 is 0 Å². The fraction of sp³-hybridized carbons (Fsp3) is 0.286. The van der Waals surface area contributed by atoms with Crippen LogP contribution in [0.4, 0.5) is 5.69 Å². The van der Waals surface area contributed by atoms with E-state index in [0.29, 0.717) is 26.5 Å². The number of aryl methyl sites for hydroxylation is 1. The van der Waals surface area contributed by atoms with Gasteiger partial charge in [0.25, 0.3) is 5.91 Å². The van der Waals surface area contributed by atoms with Crippen molar-refractivity contribution in [3.05, 3.63) is 43.8 Å². The van der Waals surface area contributed by atoms with Crippen LogP contribution < -0.4 is 5.32 Å². The molecule has 1 aromatic heterocycles. The van der Waals surface area contributed by atoms with Crippen LogP contribution in [0.15, 0.2) is 18.2 Å². The Hall–Kier alpha value is -1.10. The van der Waals surface area contributed by atoms with Crippen molar-refractivity contribution >= 4 is 46.1 Å². The van der Waals surface area contributed by atoms with Gasteiger partial charge < -0.3 is 5.32 Å². The molecule has 6 heteroatoms. The molecule has 0 spiro atoms. The van der Waals surface area contributed by atoms with E-state index in [4.69, 9.17) is 23.2 Å². The number of aromatic nitrogens is 1. The van der Waals surface area contributed by atoms with Gasteiger partial charge in [0.1, 0.15) is 4.88 Å². The van der Waals surface area contributed by atoms with Crippen LogP contribution in [0.3, 0.4) is 0 Å². The molecule has 3 nitrogen and oxygen atoms in total. The molecule has 0 radical (unpaired) electrons. The van der Waals surface area contributed by atoms with Gasteiger partial charge in [-0.3, -0.25) is 4.79 Å². The summed E-state index contributed by atoms with van der Waals surface area (Å²) in [6, 6.07) is 4.99. The highest BCUT2D eigenvalue weighted by molar-refractivity contribution is 7.14. The first-order chi connectivity index (χ1) is 9.38. The van der Waals surface area contributed by atoms with E-state index in [-0.39, 0.29) is 5.91 Å². The van der Waals surface area contributed by atoms with Crippen molar-refractivity contribution < 1.29 is 4.79 Å². The number of anilines is 1. The first-order valence-corrected chi connectivity index (χ1v) is 7.69. The molecule has 1 N–H and O–H groups in total. The van der Waals surface area contributed by atoms with Crippen molar-refractivity contribution in [3.63, 3.8) is 0 Å². The summed E-state index contributed by atoms with van der Waals surface area (Å²) in [4.78, 5) is 17.3. The zero-order chi connectivity index (χ0) is 14.9. The number of carbonyl (C=O) groups excluding carboxylic acids is 1. The lowest BCUT2D eigenvalue weighted by molar-refractivity contribution is 0.103. The minimum atomic E-state index is -0.176. The fourth-order valence-corrected chi connectivity index (χ4v) is 2.90. The van der Waals surface area contributed by atoms with Gasteiger partial charge in [-0.2, -0.15) is 0 Å². The standard InChI is InChI=1S/C14H14Cl2N2OS/c1-7(2)14-17-8(3)12(20-14)13(19)18-9-4-5-10(15)11(16)6-9/h4-7H,1-3H3,(H,18,19). The van der Waals surface area contributed by atoms with Gasteiger partial charge in [-0.15, -0.1) is 11.3 Å². The molecular weight excluding hydrogens is 315 g/mol. The third-order valence-electron chi connectivity index (χ3n) is 2.69. The Balaban J connectivity index is 2.21. The summed E-state index contributed by atoms with van der Waals surface area (Å²) in [5.41, 5.74) is 1.36. The highest BCUT2D eigenvalue weighted by Crippen LogP contribution is 2.27. The third kappa shape index (κ3) is 3.32. The molecule has 0 atom stereocenters. The molecule has 1 aromatic carbocycles. The van der Waals surface area contributed by atoms with E-state index in [9.17, 15) is 4.79 Å². The van der Waals surface area contributed by atoms with Crippen LogP contribution in [-0.4, -0.2) is 10.9 Å². The lowest BCUT2D eigenvalue weighted by atomic mass is 10.2. The van der Waals surface area contributed by atoms with Crippen LogP contribution in [0.5, 0.6) is 0 Å². The molecule has 2 rings (SSSR count). The number of rotatable bonds is 3. The SMILES string of the molecule is Cc1nc(C(C)C)sc1C(=O)Nc1ccc(Cl)c(Cl)c1. The Morgan fingerprint density at radius 1 is 1.30 bits per heavy atom. The molecule has 0 aliphatic rings. The highest BCUT2D eigenvalue weighted by Gasteiger charge is 2.17. The van der Waals surface area contributed by atoms with Gasteiger partial charge in [0.05, 0.1) is 20.7 Å². The summed E-state index contributed by atoms with van der Waals surface area (Å²) in [5.74, 6) is 0.135. The van der Waals surface area contributed by atoms with E-state index in [1.54, 1.807) is 18.2 Å². The van der Waals surface area contributed by atoms with Crippen molar-refractivity contribution in [1.82, 2.24) is 4.98 Å². The maximum atomic E-state index is 12.3. The number of hydrogen-bond acceptors (Lipinski definition) is 3. The second-order valence-corrected chi connectivity index (χ2v) is 6.55. The lowest BCUT2D eigenvalue weighted by Crippen LogP contribution is -2.11. The second-order valence-electron chi connectivity index (χ2n) is 4.70. The predicted molar refractivity (Wildman–Crippen MR) is 85.4 cm³/mol. The largest absolute Gasteiger partial charge is 0.321 e. The van der Waals surface area contributed by atoms with E-state index in [1.165, 1.54) is 11.3 Å². The molecule has 20 heavy (non-hydrogen) atoms. The molecule has 1 amide bonds. The van der Waals surface area contributed by atoms with E-state index in [2.05, 4.69) is 24.1 Å². The van der Waals surface area contributed by atoms with E-state index >= 15 is 0 Å². The van der Waals surface area contributed by atoms with E-state index < -0.39 is 0 Å². The molecule has 0 saturated heterocycles. The Kier molecular flexibility index (Phi) is 4.68. The molecule has 2 aromatic rings. The maximum absolute atomic E-state index is 12.3. The summed E-state index contributed by atoms with van der Waals surface area (Å²) < 4.78 is 0. The summed E-state index contributed by atoms with van der Waals surface area (Å²) in [5, 5.41) is 4.64. The Morgan fingerprint density at radius 3 is 2.55 bits per heavy atom. The van der Waals surface area contributed by atoms with Crippen molar-refractivity contribution in [2.24, 2.45) is 0 Å². The number of benzene rings is 1. The highest BCUT2D eigenvalue weighted by atomic mass is 35.5. The van der Waals surface area contributed by atoms with Gasteiger partial charge in [0, 0.05) is 11.6 Å². The molecule has 0 unspecified atom stereocenters. The van der Waals surface area contributed by atoms with E-state index in [0.717, 1.165) is 10.7 Å². The summed E-state index contributed by atoms with van der Waals surface area (Å²) >= 11 is 13.2. The number of thiazole rings is 1. The van der Waals surface area contributed by atoms with Crippen LogP contribution in [0.2, 0.25) is 10.0 Å². The van der Waals surface area contributed by atoms with Crippen molar-refractivity contribution in [3.8, 4) is 0 Å². The van der Waals surface area contributed by atoms with Crippen molar-refractivity contribution in [2.45, 2.75) is 26.7 Å². The summed E-state index contributed by atoms with van der Waals surface area (Å²) in [7, 11) is 0. The molecule has 0 bridgehead atoms. The molecule has 1 heterocycles. The molecule has 0 aliphatic heterocycles. The number of amides is 1. The number of halogens is 2. The monoisotopic (exact) mass is 328 g/mol. The molecule has 0 aliphatic carbocycles. The first kappa shape index (κ1) is 15.3. The van der Waals surface area contributed by atoms with Crippen LogP contribution in [0.1, 0.15) is 40.1 Å². The molecule has 0 fully saturated rings. The number of nitrogens with zero attached hydrogens (tertiary/aromatic N) is 1. The first-order valence-electron chi connectivity index (χ1n) is 6.12.